The van der Waals surface area contributed by atoms with E-state index >= 15 is 0 Å². The number of nitrogens with zero attached hydrogens (tertiary/aromatic N) is 2. The smallest absolute Gasteiger partial charge is 0.353 e. The lowest BCUT2D eigenvalue weighted by Crippen LogP contribution is -2.44. The number of amides is 1. The zero-order valence-corrected chi connectivity index (χ0v) is 13.6. The maximum Gasteiger partial charge on any atom is 0.353 e. The minimum Gasteiger partial charge on any atom is -0.477 e. The molecule has 0 spiro atoms. The van der Waals surface area contributed by atoms with Crippen molar-refractivity contribution in [3.05, 3.63) is 11.8 Å². The van der Waals surface area contributed by atoms with Crippen molar-refractivity contribution in [3.8, 4) is 0 Å². The molecule has 10 heteroatoms. The van der Waals surface area contributed by atoms with Crippen LogP contribution < -0.4 is 21.3 Å². The van der Waals surface area contributed by atoms with Gasteiger partial charge in [-0.15, -0.1) is 0 Å². The molecule has 0 bridgehead atoms. The van der Waals surface area contributed by atoms with E-state index in [-0.39, 0.29) is 24.0 Å². The summed E-state index contributed by atoms with van der Waals surface area (Å²) in [4.78, 5) is 25.0. The molecule has 0 unspecified atom stereocenters. The molecule has 24 heavy (non-hydrogen) atoms. The van der Waals surface area contributed by atoms with Crippen molar-refractivity contribution in [2.24, 2.45) is 0 Å². The number of hydrogen-bond donors (Lipinski definition) is 6. The number of nitrogens with one attached hydrogen (secondary N) is 5. The molecule has 1 aromatic heterocycles. The Hall–Kier alpha value is -2.01. The van der Waals surface area contributed by atoms with Crippen LogP contribution in [0.2, 0.25) is 0 Å². The minimum absolute atomic E-state index is 0.0568. The zero-order chi connectivity index (χ0) is 17.2. The molecule has 1 aromatic rings. The number of anilines is 1. The van der Waals surface area contributed by atoms with Gasteiger partial charge in [0.05, 0.1) is 6.54 Å². The number of carboxylic acid groups (broad SMARTS) is 1. The molecule has 0 aromatic carbocycles. The summed E-state index contributed by atoms with van der Waals surface area (Å²) in [7, 11) is 0. The van der Waals surface area contributed by atoms with Gasteiger partial charge in [-0.1, -0.05) is 0 Å². The van der Waals surface area contributed by atoms with Crippen molar-refractivity contribution in [3.63, 3.8) is 0 Å². The van der Waals surface area contributed by atoms with Gasteiger partial charge >= 0.3 is 5.97 Å². The molecule has 10 nitrogen and oxygen atoms in total. The summed E-state index contributed by atoms with van der Waals surface area (Å²) in [5, 5.41) is 27.6. The highest BCUT2D eigenvalue weighted by Crippen LogP contribution is 2.05. The summed E-state index contributed by atoms with van der Waals surface area (Å²) in [6.45, 7) is 7.00. The first-order valence-corrected chi connectivity index (χ1v) is 8.08. The van der Waals surface area contributed by atoms with Crippen LogP contribution in [-0.2, 0) is 4.79 Å². The first-order valence-electron chi connectivity index (χ1n) is 8.08. The van der Waals surface area contributed by atoms with E-state index in [0.29, 0.717) is 0 Å². The first kappa shape index (κ1) is 18.3. The quantitative estimate of drug-likeness (QED) is 0.376. The Bertz CT molecular complexity index is 522. The fraction of sp³-hybridized carbons (Fsp3) is 0.643. The van der Waals surface area contributed by atoms with Crippen LogP contribution in [0.3, 0.4) is 0 Å². The number of carboxylic acids is 1. The predicted molar refractivity (Wildman–Crippen MR) is 89.2 cm³/mol. The molecule has 1 fully saturated rings. The second-order valence-corrected chi connectivity index (χ2v) is 5.55. The van der Waals surface area contributed by atoms with Crippen LogP contribution in [0.15, 0.2) is 6.07 Å². The average molecular weight is 339 g/mol. The summed E-state index contributed by atoms with van der Waals surface area (Å²) < 4.78 is 0. The summed E-state index contributed by atoms with van der Waals surface area (Å²) in [6, 6.07) is 1.30. The number of carbonyl (C=O) groups excluding carboxylic acids is 1. The van der Waals surface area contributed by atoms with Gasteiger partial charge in [0.25, 0.3) is 0 Å². The van der Waals surface area contributed by atoms with Gasteiger partial charge in [-0.05, 0) is 0 Å². The van der Waals surface area contributed by atoms with E-state index in [0.717, 1.165) is 52.4 Å². The average Bonchev–Trinajstić information content (AvgIpc) is 2.98. The lowest BCUT2D eigenvalue weighted by molar-refractivity contribution is -0.117. The Morgan fingerprint density at radius 2 is 1.67 bits per heavy atom. The van der Waals surface area contributed by atoms with Gasteiger partial charge in [0.1, 0.15) is 5.69 Å². The molecule has 0 aliphatic carbocycles. The van der Waals surface area contributed by atoms with Crippen LogP contribution in [0.25, 0.3) is 0 Å². The van der Waals surface area contributed by atoms with Crippen molar-refractivity contribution in [1.29, 1.82) is 0 Å². The van der Waals surface area contributed by atoms with Gasteiger partial charge in [0.2, 0.25) is 5.91 Å². The number of hydrogen-bond acceptors (Lipinski definition) is 7. The van der Waals surface area contributed by atoms with Crippen molar-refractivity contribution in [1.82, 2.24) is 31.0 Å². The van der Waals surface area contributed by atoms with E-state index in [1.165, 1.54) is 6.07 Å². The number of rotatable bonds is 4. The number of aromatic carboxylic acids is 1. The molecular weight excluding hydrogens is 314 g/mol. The van der Waals surface area contributed by atoms with Crippen LogP contribution >= 0.6 is 0 Å². The van der Waals surface area contributed by atoms with Crippen molar-refractivity contribution in [2.45, 2.75) is 0 Å². The summed E-state index contributed by atoms with van der Waals surface area (Å²) in [6.07, 6.45) is 0. The maximum absolute atomic E-state index is 12.1. The van der Waals surface area contributed by atoms with E-state index in [2.05, 4.69) is 36.4 Å². The van der Waals surface area contributed by atoms with Crippen molar-refractivity contribution < 1.29 is 14.7 Å². The predicted octanol–water partition coefficient (Wildman–Crippen LogP) is -1.87. The third kappa shape index (κ3) is 6.62. The third-order valence-corrected chi connectivity index (χ3v) is 3.61. The van der Waals surface area contributed by atoms with E-state index in [1.54, 1.807) is 0 Å². The molecule has 0 saturated carbocycles. The van der Waals surface area contributed by atoms with E-state index in [1.807, 2.05) is 0 Å². The Morgan fingerprint density at radius 1 is 1.08 bits per heavy atom. The maximum atomic E-state index is 12.1. The topological polar surface area (TPSA) is 134 Å². The highest BCUT2D eigenvalue weighted by atomic mass is 16.4. The molecule has 1 saturated heterocycles. The summed E-state index contributed by atoms with van der Waals surface area (Å²) in [5.74, 6) is -1.11. The molecule has 2 heterocycles. The number of H-pyrrole nitrogens is 1. The minimum atomic E-state index is -1.11. The Balaban J connectivity index is 1.80. The van der Waals surface area contributed by atoms with Gasteiger partial charge in [-0.2, -0.15) is 5.10 Å². The molecular formula is C14H25N7O3. The van der Waals surface area contributed by atoms with Crippen molar-refractivity contribution >= 4 is 17.7 Å². The molecule has 0 radical (unpaired) electrons. The van der Waals surface area contributed by atoms with Gasteiger partial charge in [0, 0.05) is 58.4 Å². The third-order valence-electron chi connectivity index (χ3n) is 3.61. The van der Waals surface area contributed by atoms with Crippen LogP contribution in [-0.4, -0.2) is 91.0 Å². The Labute approximate surface area is 140 Å². The fourth-order valence-corrected chi connectivity index (χ4v) is 2.35. The number of carbonyl (C=O) groups is 2. The van der Waals surface area contributed by atoms with Crippen LogP contribution in [0, 0.1) is 0 Å². The monoisotopic (exact) mass is 339 g/mol. The second kappa shape index (κ2) is 9.98. The molecule has 1 amide bonds. The van der Waals surface area contributed by atoms with Crippen LogP contribution in [0.5, 0.6) is 0 Å². The Morgan fingerprint density at radius 3 is 2.21 bits per heavy atom. The first-order chi connectivity index (χ1) is 11.6. The van der Waals surface area contributed by atoms with Crippen LogP contribution in [0.4, 0.5) is 5.82 Å². The number of aromatic nitrogens is 2. The van der Waals surface area contributed by atoms with Crippen LogP contribution in [0.1, 0.15) is 10.5 Å². The van der Waals surface area contributed by atoms with Crippen molar-refractivity contribution in [2.75, 3.05) is 64.2 Å². The standard InChI is InChI=1S/C14H25N7O3/c22-13(18-12-9-11(14(23)24)19-20-12)10-21-7-5-16-3-1-15-2-4-17-6-8-21/h9,15-17H,1-8,10H2,(H,23,24)(H2,18,19,20,22). The lowest BCUT2D eigenvalue weighted by Gasteiger charge is -2.22. The lowest BCUT2D eigenvalue weighted by atomic mass is 10.4. The van der Waals surface area contributed by atoms with E-state index < -0.39 is 5.97 Å². The van der Waals surface area contributed by atoms with Gasteiger partial charge in [-0.25, -0.2) is 4.79 Å². The number of aromatic amines is 1. The molecule has 0 atom stereocenters. The summed E-state index contributed by atoms with van der Waals surface area (Å²) >= 11 is 0. The largest absolute Gasteiger partial charge is 0.477 e. The zero-order valence-electron chi connectivity index (χ0n) is 13.6. The SMILES string of the molecule is O=C(CN1CCNCCNCCNCC1)Nc1cc(C(=O)O)[nH]n1. The molecule has 1 aliphatic heterocycles. The van der Waals surface area contributed by atoms with Gasteiger partial charge in [0.15, 0.2) is 5.82 Å². The molecule has 134 valence electrons. The normalized spacial score (nSPS) is 18.3. The Kier molecular flexibility index (Phi) is 7.62. The second-order valence-electron chi connectivity index (χ2n) is 5.55. The highest BCUT2D eigenvalue weighted by Gasteiger charge is 2.13. The molecule has 6 N–H and O–H groups in total. The van der Waals surface area contributed by atoms with E-state index in [9.17, 15) is 9.59 Å². The fourth-order valence-electron chi connectivity index (χ4n) is 2.35. The summed E-state index contributed by atoms with van der Waals surface area (Å²) in [5.41, 5.74) is -0.0568. The molecule has 2 rings (SSSR count). The van der Waals surface area contributed by atoms with Gasteiger partial charge in [-0.3, -0.25) is 14.8 Å². The van der Waals surface area contributed by atoms with Gasteiger partial charge < -0.3 is 26.4 Å². The highest BCUT2D eigenvalue weighted by molar-refractivity contribution is 5.93. The molecule has 1 aliphatic rings. The van der Waals surface area contributed by atoms with E-state index in [4.69, 9.17) is 5.11 Å².